The van der Waals surface area contributed by atoms with Crippen molar-refractivity contribution in [1.29, 1.82) is 0 Å². The number of hydrogen-bond donors (Lipinski definition) is 2. The van der Waals surface area contributed by atoms with E-state index in [1.54, 1.807) is 50.0 Å². The van der Waals surface area contributed by atoms with Gasteiger partial charge in [-0.15, -0.1) is 0 Å². The predicted octanol–water partition coefficient (Wildman–Crippen LogP) is 3.09. The monoisotopic (exact) mass is 501 g/mol. The quantitative estimate of drug-likeness (QED) is 0.505. The molecule has 0 unspecified atom stereocenters. The molecular formula is C24H27N3O7S. The minimum Gasteiger partial charge on any atom is -0.492 e. The molecule has 2 N–H and O–H groups in total. The third-order valence-electron chi connectivity index (χ3n) is 5.31. The number of aryl methyl sites for hydroxylation is 2. The fraction of sp³-hybridized carbons (Fsp3) is 0.333. The van der Waals surface area contributed by atoms with Gasteiger partial charge < -0.3 is 24.6 Å². The first kappa shape index (κ1) is 24.6. The van der Waals surface area contributed by atoms with Crippen molar-refractivity contribution in [2.75, 3.05) is 24.3 Å². The molecule has 4 rings (SSSR count). The molecule has 0 fully saturated rings. The molecule has 1 aliphatic rings. The lowest BCUT2D eigenvalue weighted by molar-refractivity contribution is 0.102. The van der Waals surface area contributed by atoms with Gasteiger partial charge in [0, 0.05) is 37.0 Å². The fourth-order valence-electron chi connectivity index (χ4n) is 3.55. The van der Waals surface area contributed by atoms with Gasteiger partial charge in [-0.1, -0.05) is 0 Å². The highest BCUT2D eigenvalue weighted by Gasteiger charge is 2.25. The Hall–Kier alpha value is -3.57. The molecule has 11 heteroatoms. The Morgan fingerprint density at radius 3 is 2.74 bits per heavy atom. The molecule has 1 atom stereocenters. The molecule has 35 heavy (non-hydrogen) atoms. The highest BCUT2D eigenvalue weighted by Crippen LogP contribution is 2.37. The molecule has 2 aromatic carbocycles. The van der Waals surface area contributed by atoms with E-state index in [1.807, 2.05) is 0 Å². The van der Waals surface area contributed by atoms with E-state index in [1.165, 1.54) is 18.2 Å². The summed E-state index contributed by atoms with van der Waals surface area (Å²) in [5.41, 5.74) is 0.840. The summed E-state index contributed by atoms with van der Waals surface area (Å²) < 4.78 is 44.1. The number of anilines is 1. The standard InChI is InChI=1S/C24H27N3O7S/c1-15-9-22-21(32-7-4-8-35(22,30)31)13-20(15)34-19-11-17(10-18(12-19)33-16(2)14-28)24(29)25-23-5-6-27(3)26-23/h5-6,9-13,16,28H,4,7-8,14H2,1-3H3,(H,25,26,29)/t16-/m0/s1. The van der Waals surface area contributed by atoms with Gasteiger partial charge in [0.1, 0.15) is 34.0 Å². The van der Waals surface area contributed by atoms with Crippen molar-refractivity contribution in [3.05, 3.63) is 53.7 Å². The summed E-state index contributed by atoms with van der Waals surface area (Å²) in [6.07, 6.45) is 1.60. The Bertz CT molecular complexity index is 1350. The first-order valence-electron chi connectivity index (χ1n) is 11.1. The number of rotatable bonds is 7. The summed E-state index contributed by atoms with van der Waals surface area (Å²) >= 11 is 0. The summed E-state index contributed by atoms with van der Waals surface area (Å²) in [4.78, 5) is 13.0. The zero-order valence-electron chi connectivity index (χ0n) is 19.6. The van der Waals surface area contributed by atoms with Crippen molar-refractivity contribution in [3.8, 4) is 23.0 Å². The van der Waals surface area contributed by atoms with Gasteiger partial charge in [0.25, 0.3) is 5.91 Å². The van der Waals surface area contributed by atoms with Crippen molar-refractivity contribution in [3.63, 3.8) is 0 Å². The van der Waals surface area contributed by atoms with Gasteiger partial charge in [0.2, 0.25) is 0 Å². The van der Waals surface area contributed by atoms with Crippen LogP contribution in [0.4, 0.5) is 5.82 Å². The minimum atomic E-state index is -3.44. The molecule has 1 amide bonds. The smallest absolute Gasteiger partial charge is 0.257 e. The Morgan fingerprint density at radius 2 is 2.03 bits per heavy atom. The second-order valence-electron chi connectivity index (χ2n) is 8.32. The van der Waals surface area contributed by atoms with E-state index in [2.05, 4.69) is 10.4 Å². The van der Waals surface area contributed by atoms with Gasteiger partial charge in [-0.05, 0) is 44.0 Å². The molecule has 0 saturated carbocycles. The molecule has 3 aromatic rings. The van der Waals surface area contributed by atoms with Crippen LogP contribution in [-0.2, 0) is 16.9 Å². The Kier molecular flexibility index (Phi) is 6.99. The number of carbonyl (C=O) groups is 1. The first-order valence-corrected chi connectivity index (χ1v) is 12.7. The topological polar surface area (TPSA) is 129 Å². The summed E-state index contributed by atoms with van der Waals surface area (Å²) in [5, 5.41) is 16.2. The lowest BCUT2D eigenvalue weighted by Crippen LogP contribution is -2.17. The average Bonchev–Trinajstić information content (AvgIpc) is 3.15. The van der Waals surface area contributed by atoms with Crippen molar-refractivity contribution >= 4 is 21.6 Å². The summed E-state index contributed by atoms with van der Waals surface area (Å²) in [7, 11) is -1.70. The lowest BCUT2D eigenvalue weighted by Gasteiger charge is -2.17. The van der Waals surface area contributed by atoms with Crippen molar-refractivity contribution in [2.24, 2.45) is 7.05 Å². The van der Waals surface area contributed by atoms with Crippen LogP contribution >= 0.6 is 0 Å². The van der Waals surface area contributed by atoms with Gasteiger partial charge in [-0.2, -0.15) is 5.10 Å². The molecule has 1 aromatic heterocycles. The van der Waals surface area contributed by atoms with Gasteiger partial charge in [0.15, 0.2) is 15.7 Å². The largest absolute Gasteiger partial charge is 0.492 e. The van der Waals surface area contributed by atoms with Crippen LogP contribution in [0.1, 0.15) is 29.3 Å². The number of carbonyl (C=O) groups excluding carboxylic acids is 1. The van der Waals surface area contributed by atoms with Crippen LogP contribution in [0, 0.1) is 6.92 Å². The normalized spacial score (nSPS) is 15.3. The molecular weight excluding hydrogens is 474 g/mol. The Balaban J connectivity index is 1.68. The molecule has 0 saturated heterocycles. The number of nitrogens with one attached hydrogen (secondary N) is 1. The van der Waals surface area contributed by atoms with Gasteiger partial charge in [0.05, 0.1) is 19.0 Å². The molecule has 1 aliphatic heterocycles. The van der Waals surface area contributed by atoms with E-state index in [4.69, 9.17) is 14.2 Å². The van der Waals surface area contributed by atoms with Crippen molar-refractivity contribution in [2.45, 2.75) is 31.3 Å². The summed E-state index contributed by atoms with van der Waals surface area (Å²) in [6.45, 7) is 3.50. The van der Waals surface area contributed by atoms with E-state index < -0.39 is 21.8 Å². The Labute approximate surface area is 203 Å². The van der Waals surface area contributed by atoms with E-state index in [0.29, 0.717) is 35.1 Å². The number of ether oxygens (including phenoxy) is 3. The molecule has 186 valence electrons. The maximum Gasteiger partial charge on any atom is 0.257 e. The highest BCUT2D eigenvalue weighted by atomic mass is 32.2. The number of hydrogen-bond acceptors (Lipinski definition) is 8. The summed E-state index contributed by atoms with van der Waals surface area (Å²) in [5.74, 6) is 1.21. The van der Waals surface area contributed by atoms with E-state index in [9.17, 15) is 18.3 Å². The fourth-order valence-corrected chi connectivity index (χ4v) is 5.04. The molecule has 10 nitrogen and oxygen atoms in total. The second kappa shape index (κ2) is 9.96. The third-order valence-corrected chi connectivity index (χ3v) is 7.13. The molecule has 0 radical (unpaired) electrons. The van der Waals surface area contributed by atoms with Crippen LogP contribution in [0.25, 0.3) is 0 Å². The van der Waals surface area contributed by atoms with Gasteiger partial charge >= 0.3 is 0 Å². The average molecular weight is 502 g/mol. The van der Waals surface area contributed by atoms with Gasteiger partial charge in [-0.3, -0.25) is 9.48 Å². The number of amides is 1. The van der Waals surface area contributed by atoms with E-state index >= 15 is 0 Å². The highest BCUT2D eigenvalue weighted by molar-refractivity contribution is 7.91. The van der Waals surface area contributed by atoms with E-state index in [-0.39, 0.29) is 35.2 Å². The number of fused-ring (bicyclic) bond motifs is 1. The summed E-state index contributed by atoms with van der Waals surface area (Å²) in [6, 6.07) is 9.41. The van der Waals surface area contributed by atoms with Gasteiger partial charge in [-0.25, -0.2) is 8.42 Å². The van der Waals surface area contributed by atoms with Crippen LogP contribution < -0.4 is 19.5 Å². The molecule has 0 aliphatic carbocycles. The van der Waals surface area contributed by atoms with Crippen LogP contribution in [0.2, 0.25) is 0 Å². The molecule has 2 heterocycles. The number of sulfone groups is 1. The second-order valence-corrected chi connectivity index (χ2v) is 10.4. The lowest BCUT2D eigenvalue weighted by atomic mass is 10.1. The minimum absolute atomic E-state index is 0.0246. The van der Waals surface area contributed by atoms with Crippen LogP contribution in [0.5, 0.6) is 23.0 Å². The SMILES string of the molecule is Cc1cc2c(cc1Oc1cc(O[C@@H](C)CO)cc(C(=O)Nc3ccn(C)n3)c1)OCCCS2(=O)=O. The maximum atomic E-state index is 12.9. The maximum absolute atomic E-state index is 12.9. The van der Waals surface area contributed by atoms with Crippen LogP contribution in [0.3, 0.4) is 0 Å². The van der Waals surface area contributed by atoms with Crippen molar-refractivity contribution in [1.82, 2.24) is 9.78 Å². The predicted molar refractivity (Wildman–Crippen MR) is 128 cm³/mol. The number of nitrogens with zero attached hydrogens (tertiary/aromatic N) is 2. The third kappa shape index (κ3) is 5.75. The zero-order valence-corrected chi connectivity index (χ0v) is 20.5. The number of benzene rings is 2. The number of aliphatic hydroxyl groups is 1. The van der Waals surface area contributed by atoms with Crippen LogP contribution in [-0.4, -0.2) is 54.3 Å². The van der Waals surface area contributed by atoms with Crippen LogP contribution in [0.15, 0.2) is 47.5 Å². The number of aromatic nitrogens is 2. The zero-order chi connectivity index (χ0) is 25.2. The first-order chi connectivity index (χ1) is 16.6. The van der Waals surface area contributed by atoms with Crippen molar-refractivity contribution < 1.29 is 32.5 Å². The van der Waals surface area contributed by atoms with E-state index in [0.717, 1.165) is 0 Å². The number of aliphatic hydroxyl groups excluding tert-OH is 1. The Morgan fingerprint density at radius 1 is 1.26 bits per heavy atom. The molecule has 0 bridgehead atoms. The molecule has 0 spiro atoms.